The van der Waals surface area contributed by atoms with Crippen LogP contribution in [0.2, 0.25) is 0 Å². The zero-order valence-electron chi connectivity index (χ0n) is 15.6. The lowest BCUT2D eigenvalue weighted by atomic mass is 10.0. The molecule has 138 valence electrons. The lowest BCUT2D eigenvalue weighted by molar-refractivity contribution is 0.631. The molecule has 2 heterocycles. The fourth-order valence-electron chi connectivity index (χ4n) is 3.70. The molecule has 0 saturated heterocycles. The molecule has 0 unspecified atom stereocenters. The van der Waals surface area contributed by atoms with E-state index in [1.165, 1.54) is 16.0 Å². The first-order valence-corrected chi connectivity index (χ1v) is 10.6. The summed E-state index contributed by atoms with van der Waals surface area (Å²) in [5, 5.41) is 4.50. The average Bonchev–Trinajstić information content (AvgIpc) is 3.43. The van der Waals surface area contributed by atoms with Gasteiger partial charge in [-0.05, 0) is 41.6 Å². The van der Waals surface area contributed by atoms with Gasteiger partial charge >= 0.3 is 0 Å². The van der Waals surface area contributed by atoms with Crippen molar-refractivity contribution in [3.63, 3.8) is 0 Å². The van der Waals surface area contributed by atoms with Gasteiger partial charge in [0.25, 0.3) is 0 Å². The van der Waals surface area contributed by atoms with Crippen LogP contribution in [0.15, 0.2) is 87.1 Å². The van der Waals surface area contributed by atoms with Crippen LogP contribution in [0.1, 0.15) is 5.56 Å². The second-order valence-electron chi connectivity index (χ2n) is 6.76. The summed E-state index contributed by atoms with van der Waals surface area (Å²) in [7, 11) is 0. The molecule has 1 aliphatic heterocycles. The predicted molar refractivity (Wildman–Crippen MR) is 118 cm³/mol. The fraction of sp³-hybridized carbons (Fsp3) is 0.125. The zero-order valence-corrected chi connectivity index (χ0v) is 16.4. The molecule has 1 aromatic heterocycles. The van der Waals surface area contributed by atoms with Crippen LogP contribution in [0.3, 0.4) is 0 Å². The summed E-state index contributed by atoms with van der Waals surface area (Å²) in [4.78, 5) is 5.86. The minimum absolute atomic E-state index is 0.819. The van der Waals surface area contributed by atoms with E-state index in [1.807, 2.05) is 18.2 Å². The Morgan fingerprint density at radius 3 is 2.43 bits per heavy atom. The van der Waals surface area contributed by atoms with Crippen molar-refractivity contribution < 1.29 is 4.42 Å². The van der Waals surface area contributed by atoms with E-state index in [2.05, 4.69) is 71.2 Å². The molecule has 4 heteroatoms. The van der Waals surface area contributed by atoms with Gasteiger partial charge in [0.1, 0.15) is 17.2 Å². The Morgan fingerprint density at radius 1 is 0.893 bits per heavy atom. The molecule has 0 radical (unpaired) electrons. The van der Waals surface area contributed by atoms with E-state index in [1.54, 1.807) is 11.8 Å². The highest BCUT2D eigenvalue weighted by molar-refractivity contribution is 7.98. The van der Waals surface area contributed by atoms with E-state index in [0.29, 0.717) is 0 Å². The van der Waals surface area contributed by atoms with Crippen LogP contribution in [0.25, 0.3) is 33.4 Å². The zero-order chi connectivity index (χ0) is 18.9. The second-order valence-corrected chi connectivity index (χ2v) is 7.64. The topological polar surface area (TPSA) is 37.5 Å². The quantitative estimate of drug-likeness (QED) is 0.449. The molecule has 0 fully saturated rings. The Bertz CT molecular complexity index is 1170. The number of hydrogen-bond donors (Lipinski definition) is 1. The van der Waals surface area contributed by atoms with Crippen LogP contribution >= 0.6 is 11.8 Å². The number of furan rings is 1. The second kappa shape index (κ2) is 7.21. The molecule has 1 N–H and O–H groups in total. The van der Waals surface area contributed by atoms with Crippen molar-refractivity contribution in [3.05, 3.63) is 78.4 Å². The van der Waals surface area contributed by atoms with Gasteiger partial charge in [-0.25, -0.2) is 0 Å². The molecule has 0 saturated carbocycles. The van der Waals surface area contributed by atoms with Gasteiger partial charge in [-0.15, -0.1) is 11.8 Å². The number of nitrogens with one attached hydrogen (secondary N) is 1. The summed E-state index contributed by atoms with van der Waals surface area (Å²) >= 11 is 1.76. The van der Waals surface area contributed by atoms with Crippen molar-refractivity contribution in [1.29, 1.82) is 0 Å². The van der Waals surface area contributed by atoms with Crippen LogP contribution in [0.4, 0.5) is 0 Å². The summed E-state index contributed by atoms with van der Waals surface area (Å²) in [5.41, 5.74) is 5.44. The van der Waals surface area contributed by atoms with Gasteiger partial charge in [-0.3, -0.25) is 4.99 Å². The maximum atomic E-state index is 6.27. The fourth-order valence-corrected chi connectivity index (χ4v) is 4.11. The Labute approximate surface area is 168 Å². The van der Waals surface area contributed by atoms with E-state index < -0.39 is 0 Å². The summed E-state index contributed by atoms with van der Waals surface area (Å²) in [5.74, 6) is 1.82. The molecular weight excluding hydrogens is 364 g/mol. The van der Waals surface area contributed by atoms with Crippen LogP contribution in [-0.2, 0) is 0 Å². The van der Waals surface area contributed by atoms with E-state index >= 15 is 0 Å². The summed E-state index contributed by atoms with van der Waals surface area (Å²) in [6.45, 7) is 1.71. The highest BCUT2D eigenvalue weighted by atomic mass is 32.2. The SMILES string of the molecule is CSc1ccc(-c2cccc3oc(-c4ccccc4C4=NCCN4)cc23)cc1. The molecule has 0 atom stereocenters. The number of aliphatic imine (C=N–C) groups is 1. The molecule has 1 aliphatic rings. The largest absolute Gasteiger partial charge is 0.456 e. The molecule has 28 heavy (non-hydrogen) atoms. The molecule has 5 rings (SSSR count). The number of nitrogens with zero attached hydrogens (tertiary/aromatic N) is 1. The van der Waals surface area contributed by atoms with E-state index in [-0.39, 0.29) is 0 Å². The van der Waals surface area contributed by atoms with Gasteiger partial charge in [0, 0.05) is 28.0 Å². The normalized spacial score (nSPS) is 13.5. The Morgan fingerprint density at radius 2 is 1.68 bits per heavy atom. The van der Waals surface area contributed by atoms with Crippen molar-refractivity contribution in [2.45, 2.75) is 4.90 Å². The van der Waals surface area contributed by atoms with Gasteiger partial charge in [0.05, 0.1) is 6.54 Å². The first-order valence-electron chi connectivity index (χ1n) is 9.38. The Hall–Kier alpha value is -2.98. The third-order valence-electron chi connectivity index (χ3n) is 5.08. The van der Waals surface area contributed by atoms with Gasteiger partial charge in [-0.2, -0.15) is 0 Å². The molecule has 0 amide bonds. The summed E-state index contributed by atoms with van der Waals surface area (Å²) < 4.78 is 6.27. The number of fused-ring (bicyclic) bond motifs is 1. The lowest BCUT2D eigenvalue weighted by Crippen LogP contribution is -2.20. The maximum Gasteiger partial charge on any atom is 0.136 e. The van der Waals surface area contributed by atoms with Crippen LogP contribution in [0, 0.1) is 0 Å². The smallest absolute Gasteiger partial charge is 0.136 e. The van der Waals surface area contributed by atoms with Crippen molar-refractivity contribution in [2.24, 2.45) is 4.99 Å². The first-order chi connectivity index (χ1) is 13.8. The molecule has 0 bridgehead atoms. The van der Waals surface area contributed by atoms with Crippen molar-refractivity contribution in [3.8, 4) is 22.5 Å². The van der Waals surface area contributed by atoms with E-state index in [0.717, 1.165) is 46.8 Å². The number of rotatable bonds is 4. The lowest BCUT2D eigenvalue weighted by Gasteiger charge is -2.07. The highest BCUT2D eigenvalue weighted by Crippen LogP contribution is 2.36. The Balaban J connectivity index is 1.64. The molecule has 3 aromatic carbocycles. The predicted octanol–water partition coefficient (Wildman–Crippen LogP) is 5.84. The van der Waals surface area contributed by atoms with E-state index in [4.69, 9.17) is 4.42 Å². The summed E-state index contributed by atoms with van der Waals surface area (Å²) in [6, 6.07) is 25.4. The van der Waals surface area contributed by atoms with Crippen LogP contribution in [0.5, 0.6) is 0 Å². The van der Waals surface area contributed by atoms with Crippen molar-refractivity contribution in [2.75, 3.05) is 19.3 Å². The minimum atomic E-state index is 0.819. The standard InChI is InChI=1S/C24H20N2OS/c1-28-17-11-9-16(10-12-17)18-7-4-8-22-21(18)15-23(27-22)19-5-2-3-6-20(19)24-25-13-14-26-24/h2-12,15H,13-14H2,1H3,(H,25,26). The summed E-state index contributed by atoms with van der Waals surface area (Å²) in [6.07, 6.45) is 2.10. The molecule has 0 spiro atoms. The number of amidine groups is 1. The number of hydrogen-bond acceptors (Lipinski definition) is 4. The number of benzene rings is 3. The number of thioether (sulfide) groups is 1. The molecule has 3 nitrogen and oxygen atoms in total. The van der Waals surface area contributed by atoms with Crippen LogP contribution < -0.4 is 5.32 Å². The molecule has 4 aromatic rings. The van der Waals surface area contributed by atoms with Crippen molar-refractivity contribution in [1.82, 2.24) is 5.32 Å². The average molecular weight is 385 g/mol. The maximum absolute atomic E-state index is 6.27. The van der Waals surface area contributed by atoms with Gasteiger partial charge in [0.2, 0.25) is 0 Å². The van der Waals surface area contributed by atoms with Crippen LogP contribution in [-0.4, -0.2) is 25.2 Å². The van der Waals surface area contributed by atoms with Crippen molar-refractivity contribution >= 4 is 28.6 Å². The highest BCUT2D eigenvalue weighted by Gasteiger charge is 2.17. The minimum Gasteiger partial charge on any atom is -0.456 e. The molecule has 0 aliphatic carbocycles. The third kappa shape index (κ3) is 3.00. The monoisotopic (exact) mass is 384 g/mol. The van der Waals surface area contributed by atoms with Gasteiger partial charge in [0.15, 0.2) is 0 Å². The first kappa shape index (κ1) is 17.1. The Kier molecular flexibility index (Phi) is 4.41. The third-order valence-corrected chi connectivity index (χ3v) is 5.83. The van der Waals surface area contributed by atoms with Gasteiger partial charge < -0.3 is 9.73 Å². The van der Waals surface area contributed by atoms with Gasteiger partial charge in [-0.1, -0.05) is 48.5 Å². The molecular formula is C24H20N2OS. The van der Waals surface area contributed by atoms with E-state index in [9.17, 15) is 0 Å².